The molecule has 0 spiro atoms. The minimum absolute atomic E-state index is 0.0666. The van der Waals surface area contributed by atoms with Gasteiger partial charge in [-0.1, -0.05) is 61.8 Å². The Kier molecular flexibility index (Phi) is 8.95. The normalized spacial score (nSPS) is 18.8. The molecular formula is C24H46N2O4. The van der Waals surface area contributed by atoms with E-state index in [1.54, 1.807) is 4.90 Å². The molecule has 0 heterocycles. The standard InChI is InChI=1S/C24H46N2O4/c1-9-23(29,10-2)18(16(5)6)26(19(17(7)8)24(30,11-3)12-4)21(28)22(20(25)27)14-13-15-22/h16-19,29-30H,9-15H2,1-8H3,(H2,25,27)/t18-,19-/m1/s1. The summed E-state index contributed by atoms with van der Waals surface area (Å²) in [6.45, 7) is 15.7. The molecule has 1 rings (SSSR count). The second-order valence-electron chi connectivity index (χ2n) is 10.0. The molecule has 0 unspecified atom stereocenters. The van der Waals surface area contributed by atoms with Crippen molar-refractivity contribution < 1.29 is 19.8 Å². The molecule has 0 aliphatic heterocycles. The Hall–Kier alpha value is -1.14. The summed E-state index contributed by atoms with van der Waals surface area (Å²) in [5.74, 6) is -1.05. The molecule has 0 aromatic carbocycles. The zero-order chi connectivity index (χ0) is 23.5. The summed E-state index contributed by atoms with van der Waals surface area (Å²) in [4.78, 5) is 28.3. The van der Waals surface area contributed by atoms with Crippen LogP contribution in [0.2, 0.25) is 0 Å². The Labute approximate surface area is 183 Å². The van der Waals surface area contributed by atoms with Gasteiger partial charge in [0.2, 0.25) is 11.8 Å². The predicted molar refractivity (Wildman–Crippen MR) is 121 cm³/mol. The van der Waals surface area contributed by atoms with E-state index in [0.29, 0.717) is 38.5 Å². The van der Waals surface area contributed by atoms with Crippen molar-refractivity contribution in [1.29, 1.82) is 0 Å². The first-order chi connectivity index (χ1) is 13.8. The first-order valence-corrected chi connectivity index (χ1v) is 11.9. The minimum Gasteiger partial charge on any atom is -0.388 e. The van der Waals surface area contributed by atoms with E-state index in [4.69, 9.17) is 5.73 Å². The summed E-state index contributed by atoms with van der Waals surface area (Å²) in [6, 6.07) is -1.07. The fourth-order valence-electron chi connectivity index (χ4n) is 5.51. The average Bonchev–Trinajstić information content (AvgIpc) is 2.64. The quantitative estimate of drug-likeness (QED) is 0.415. The maximum Gasteiger partial charge on any atom is 0.238 e. The number of nitrogens with zero attached hydrogens (tertiary/aromatic N) is 1. The molecule has 6 nitrogen and oxygen atoms in total. The molecule has 1 aliphatic carbocycles. The second kappa shape index (κ2) is 9.99. The van der Waals surface area contributed by atoms with Crippen molar-refractivity contribution in [3.05, 3.63) is 0 Å². The van der Waals surface area contributed by atoms with E-state index < -0.39 is 34.6 Å². The highest BCUT2D eigenvalue weighted by atomic mass is 16.3. The van der Waals surface area contributed by atoms with Crippen LogP contribution in [0.3, 0.4) is 0 Å². The van der Waals surface area contributed by atoms with Crippen LogP contribution in [0.25, 0.3) is 0 Å². The summed E-state index contributed by atoms with van der Waals surface area (Å²) >= 11 is 0. The van der Waals surface area contributed by atoms with Crippen LogP contribution < -0.4 is 5.73 Å². The van der Waals surface area contributed by atoms with Crippen molar-refractivity contribution in [1.82, 2.24) is 4.90 Å². The molecule has 4 N–H and O–H groups in total. The van der Waals surface area contributed by atoms with Gasteiger partial charge in [0.1, 0.15) is 5.41 Å². The van der Waals surface area contributed by atoms with Crippen LogP contribution in [0.15, 0.2) is 0 Å². The van der Waals surface area contributed by atoms with Gasteiger partial charge in [0.05, 0.1) is 23.3 Å². The van der Waals surface area contributed by atoms with Crippen LogP contribution in [-0.2, 0) is 9.59 Å². The lowest BCUT2D eigenvalue weighted by molar-refractivity contribution is -0.184. The molecular weight excluding hydrogens is 380 g/mol. The van der Waals surface area contributed by atoms with Gasteiger partial charge in [-0.15, -0.1) is 0 Å². The third-order valence-corrected chi connectivity index (χ3v) is 7.74. The Morgan fingerprint density at radius 1 is 0.867 bits per heavy atom. The van der Waals surface area contributed by atoms with Gasteiger partial charge in [-0.3, -0.25) is 9.59 Å². The zero-order valence-electron chi connectivity index (χ0n) is 20.5. The van der Waals surface area contributed by atoms with Crippen molar-refractivity contribution in [2.45, 2.75) is 124 Å². The summed E-state index contributed by atoms with van der Waals surface area (Å²) in [7, 11) is 0. The molecule has 1 aliphatic rings. The van der Waals surface area contributed by atoms with Crippen LogP contribution in [0.1, 0.15) is 100 Å². The summed E-state index contributed by atoms with van der Waals surface area (Å²) in [5, 5.41) is 23.2. The van der Waals surface area contributed by atoms with E-state index in [0.717, 1.165) is 6.42 Å². The molecule has 1 saturated carbocycles. The summed E-state index contributed by atoms with van der Waals surface area (Å²) < 4.78 is 0. The van der Waals surface area contributed by atoms with Crippen molar-refractivity contribution >= 4 is 11.8 Å². The number of hydrogen-bond donors (Lipinski definition) is 3. The molecule has 0 aromatic heterocycles. The van der Waals surface area contributed by atoms with Crippen LogP contribution in [0.4, 0.5) is 0 Å². The molecule has 30 heavy (non-hydrogen) atoms. The third kappa shape index (κ3) is 4.55. The lowest BCUT2D eigenvalue weighted by Gasteiger charge is -2.56. The molecule has 0 saturated heterocycles. The minimum atomic E-state index is -1.23. The van der Waals surface area contributed by atoms with E-state index in [1.165, 1.54) is 0 Å². The Morgan fingerprint density at radius 3 is 1.37 bits per heavy atom. The van der Waals surface area contributed by atoms with Crippen LogP contribution >= 0.6 is 0 Å². The molecule has 2 atom stereocenters. The number of aliphatic hydroxyl groups is 2. The number of primary amides is 1. The Balaban J connectivity index is 3.81. The second-order valence-corrected chi connectivity index (χ2v) is 10.0. The first kappa shape index (κ1) is 26.9. The van der Waals surface area contributed by atoms with Crippen molar-refractivity contribution in [3.63, 3.8) is 0 Å². The first-order valence-electron chi connectivity index (χ1n) is 11.9. The van der Waals surface area contributed by atoms with Gasteiger partial charge in [0.15, 0.2) is 0 Å². The highest BCUT2D eigenvalue weighted by Gasteiger charge is 2.58. The Bertz CT molecular complexity index is 560. The lowest BCUT2D eigenvalue weighted by Crippen LogP contribution is -2.70. The van der Waals surface area contributed by atoms with Crippen molar-refractivity contribution in [2.75, 3.05) is 0 Å². The van der Waals surface area contributed by atoms with E-state index in [2.05, 4.69) is 0 Å². The molecule has 0 bridgehead atoms. The SMILES string of the molecule is CCC(O)(CC)[C@@H](C(C)C)N(C(=O)C1(C(N)=O)CCC1)[C@H](C(C)C)C(O)(CC)CC. The molecule has 176 valence electrons. The highest BCUT2D eigenvalue weighted by molar-refractivity contribution is 6.05. The van der Waals surface area contributed by atoms with Crippen LogP contribution in [0.5, 0.6) is 0 Å². The zero-order valence-corrected chi connectivity index (χ0v) is 20.5. The molecule has 1 fully saturated rings. The van der Waals surface area contributed by atoms with Crippen LogP contribution in [0, 0.1) is 17.3 Å². The largest absolute Gasteiger partial charge is 0.388 e. The summed E-state index contributed by atoms with van der Waals surface area (Å²) in [6.07, 6.45) is 3.53. The van der Waals surface area contributed by atoms with Crippen molar-refractivity contribution in [2.24, 2.45) is 23.0 Å². The maximum absolute atomic E-state index is 14.1. The van der Waals surface area contributed by atoms with Crippen LogP contribution in [-0.4, -0.2) is 50.2 Å². The highest BCUT2D eigenvalue weighted by Crippen LogP contribution is 2.47. The van der Waals surface area contributed by atoms with E-state index in [1.807, 2.05) is 55.4 Å². The number of carbonyl (C=O) groups excluding carboxylic acids is 2. The molecule has 0 aromatic rings. The van der Waals surface area contributed by atoms with E-state index >= 15 is 0 Å². The van der Waals surface area contributed by atoms with Gasteiger partial charge < -0.3 is 20.8 Å². The van der Waals surface area contributed by atoms with Gasteiger partial charge in [-0.2, -0.15) is 0 Å². The van der Waals surface area contributed by atoms with Gasteiger partial charge in [-0.25, -0.2) is 0 Å². The molecule has 6 heteroatoms. The average molecular weight is 427 g/mol. The third-order valence-electron chi connectivity index (χ3n) is 7.74. The van der Waals surface area contributed by atoms with Gasteiger partial charge in [0.25, 0.3) is 0 Å². The number of amides is 2. The monoisotopic (exact) mass is 426 g/mol. The predicted octanol–water partition coefficient (Wildman–Crippen LogP) is 3.62. The fraction of sp³-hybridized carbons (Fsp3) is 0.917. The topological polar surface area (TPSA) is 104 Å². The summed E-state index contributed by atoms with van der Waals surface area (Å²) in [5.41, 5.74) is 2.28. The van der Waals surface area contributed by atoms with Gasteiger partial charge in [0, 0.05) is 0 Å². The number of hydrogen-bond acceptors (Lipinski definition) is 4. The maximum atomic E-state index is 14.1. The van der Waals surface area contributed by atoms with E-state index in [-0.39, 0.29) is 17.7 Å². The van der Waals surface area contributed by atoms with Gasteiger partial charge in [-0.05, 0) is 50.4 Å². The molecule has 2 amide bonds. The smallest absolute Gasteiger partial charge is 0.238 e. The number of rotatable bonds is 12. The fourth-order valence-corrected chi connectivity index (χ4v) is 5.51. The Morgan fingerprint density at radius 2 is 1.20 bits per heavy atom. The molecule has 0 radical (unpaired) electrons. The van der Waals surface area contributed by atoms with E-state index in [9.17, 15) is 19.8 Å². The number of nitrogens with two attached hydrogens (primary N) is 1. The van der Waals surface area contributed by atoms with Crippen molar-refractivity contribution in [3.8, 4) is 0 Å². The lowest BCUT2D eigenvalue weighted by atomic mass is 9.65. The number of carbonyl (C=O) groups is 2. The van der Waals surface area contributed by atoms with Gasteiger partial charge >= 0.3 is 0 Å².